The van der Waals surface area contributed by atoms with Crippen LogP contribution in [0.3, 0.4) is 0 Å². The number of carbonyl (C=O) groups is 3. The second-order valence-electron chi connectivity index (χ2n) is 3.94. The number of esters is 2. The van der Waals surface area contributed by atoms with Crippen molar-refractivity contribution < 1.29 is 34.1 Å². The number of ether oxygens (including phenoxy) is 2. The molecule has 1 rings (SSSR count). The number of carbonyl (C=O) groups excluding carboxylic acids is 2. The highest BCUT2D eigenvalue weighted by Crippen LogP contribution is 2.10. The van der Waals surface area contributed by atoms with E-state index in [4.69, 9.17) is 9.84 Å². The Kier molecular flexibility index (Phi) is 6.09. The molecule has 0 aliphatic rings. The zero-order chi connectivity index (χ0) is 15.8. The Balaban J connectivity index is 2.56. The molecule has 112 valence electrons. The molecule has 7 heteroatoms. The molecule has 7 nitrogen and oxygen atoms in total. The van der Waals surface area contributed by atoms with Gasteiger partial charge in [-0.15, -0.1) is 0 Å². The molecule has 0 spiro atoms. The number of hydrogen-bond acceptors (Lipinski definition) is 6. The van der Waals surface area contributed by atoms with Gasteiger partial charge in [0.15, 0.2) is 0 Å². The third kappa shape index (κ3) is 5.07. The standard InChI is InChI=1S/C14H14O7/c1-2-12(16)20-7-9(15)8-21-14(19)11-6-4-3-5-10(11)13(17)18/h2-6,9,15H,1,7-8H2,(H,17,18). The fraction of sp³-hybridized carbons (Fsp3) is 0.214. The second-order valence-corrected chi connectivity index (χ2v) is 3.94. The first-order valence-corrected chi connectivity index (χ1v) is 5.92. The van der Waals surface area contributed by atoms with Gasteiger partial charge in [-0.25, -0.2) is 14.4 Å². The summed E-state index contributed by atoms with van der Waals surface area (Å²) in [6.07, 6.45) is -0.281. The average molecular weight is 294 g/mol. The molecule has 0 fully saturated rings. The van der Waals surface area contributed by atoms with Crippen LogP contribution in [0.2, 0.25) is 0 Å². The zero-order valence-corrected chi connectivity index (χ0v) is 11.0. The Morgan fingerprint density at radius 2 is 1.71 bits per heavy atom. The fourth-order valence-electron chi connectivity index (χ4n) is 1.38. The van der Waals surface area contributed by atoms with Crippen molar-refractivity contribution in [3.8, 4) is 0 Å². The summed E-state index contributed by atoms with van der Waals surface area (Å²) in [6.45, 7) is 2.39. The summed E-state index contributed by atoms with van der Waals surface area (Å²) in [6, 6.07) is 5.53. The predicted octanol–water partition coefficient (Wildman–Crippen LogP) is 0.632. The van der Waals surface area contributed by atoms with Gasteiger partial charge in [0, 0.05) is 6.08 Å². The fourth-order valence-corrected chi connectivity index (χ4v) is 1.38. The van der Waals surface area contributed by atoms with Crippen LogP contribution >= 0.6 is 0 Å². The van der Waals surface area contributed by atoms with Crippen LogP contribution in [0.4, 0.5) is 0 Å². The molecular formula is C14H14O7. The minimum absolute atomic E-state index is 0.125. The maximum atomic E-state index is 11.7. The summed E-state index contributed by atoms with van der Waals surface area (Å²) in [5, 5.41) is 18.4. The predicted molar refractivity (Wildman–Crippen MR) is 70.8 cm³/mol. The van der Waals surface area contributed by atoms with Crippen LogP contribution in [-0.2, 0) is 14.3 Å². The van der Waals surface area contributed by atoms with Crippen LogP contribution in [0.5, 0.6) is 0 Å². The molecule has 1 unspecified atom stereocenters. The van der Waals surface area contributed by atoms with E-state index in [9.17, 15) is 19.5 Å². The number of aliphatic hydroxyl groups is 1. The highest BCUT2D eigenvalue weighted by molar-refractivity contribution is 6.02. The van der Waals surface area contributed by atoms with Crippen LogP contribution in [0.1, 0.15) is 20.7 Å². The summed E-state index contributed by atoms with van der Waals surface area (Å²) in [7, 11) is 0. The maximum Gasteiger partial charge on any atom is 0.339 e. The van der Waals surface area contributed by atoms with E-state index >= 15 is 0 Å². The topological polar surface area (TPSA) is 110 Å². The molecule has 0 saturated heterocycles. The second kappa shape index (κ2) is 7.81. The average Bonchev–Trinajstić information content (AvgIpc) is 2.49. The molecule has 1 aromatic rings. The van der Waals surface area contributed by atoms with E-state index < -0.39 is 30.6 Å². The number of aliphatic hydroxyl groups excluding tert-OH is 1. The van der Waals surface area contributed by atoms with E-state index in [2.05, 4.69) is 11.3 Å². The molecule has 0 amide bonds. The van der Waals surface area contributed by atoms with Gasteiger partial charge in [0.25, 0.3) is 0 Å². The lowest BCUT2D eigenvalue weighted by Gasteiger charge is -2.12. The number of benzene rings is 1. The van der Waals surface area contributed by atoms with Crippen molar-refractivity contribution in [2.45, 2.75) is 6.10 Å². The summed E-state index contributed by atoms with van der Waals surface area (Å²) in [5.41, 5.74) is -0.324. The number of rotatable bonds is 7. The summed E-state index contributed by atoms with van der Waals surface area (Å²) in [5.74, 6) is -2.86. The van der Waals surface area contributed by atoms with E-state index in [0.29, 0.717) is 0 Å². The minimum atomic E-state index is -1.26. The van der Waals surface area contributed by atoms with Gasteiger partial charge >= 0.3 is 17.9 Å². The minimum Gasteiger partial charge on any atom is -0.478 e. The monoisotopic (exact) mass is 294 g/mol. The number of hydrogen-bond donors (Lipinski definition) is 2. The van der Waals surface area contributed by atoms with Crippen LogP contribution in [0, 0.1) is 0 Å². The number of aromatic carboxylic acids is 1. The lowest BCUT2D eigenvalue weighted by molar-refractivity contribution is -0.141. The number of carboxylic acids is 1. The van der Waals surface area contributed by atoms with Gasteiger partial charge in [0.05, 0.1) is 11.1 Å². The quantitative estimate of drug-likeness (QED) is 0.560. The van der Waals surface area contributed by atoms with Crippen molar-refractivity contribution in [2.75, 3.05) is 13.2 Å². The summed E-state index contributed by atoms with van der Waals surface area (Å²) >= 11 is 0. The maximum absolute atomic E-state index is 11.7. The van der Waals surface area contributed by atoms with Gasteiger partial charge in [-0.1, -0.05) is 18.7 Å². The Morgan fingerprint density at radius 1 is 1.14 bits per heavy atom. The van der Waals surface area contributed by atoms with Crippen molar-refractivity contribution in [1.29, 1.82) is 0 Å². The lowest BCUT2D eigenvalue weighted by Crippen LogP contribution is -2.25. The molecule has 21 heavy (non-hydrogen) atoms. The van der Waals surface area contributed by atoms with Gasteiger partial charge in [0.1, 0.15) is 19.3 Å². The SMILES string of the molecule is C=CC(=O)OCC(O)COC(=O)c1ccccc1C(=O)O. The third-order valence-corrected chi connectivity index (χ3v) is 2.37. The van der Waals surface area contributed by atoms with Crippen molar-refractivity contribution in [2.24, 2.45) is 0 Å². The van der Waals surface area contributed by atoms with Gasteiger partial charge in [-0.05, 0) is 12.1 Å². The first-order chi connectivity index (χ1) is 9.95. The van der Waals surface area contributed by atoms with E-state index in [-0.39, 0.29) is 17.7 Å². The molecule has 0 aliphatic heterocycles. The van der Waals surface area contributed by atoms with Gasteiger partial charge < -0.3 is 19.7 Å². The lowest BCUT2D eigenvalue weighted by atomic mass is 10.1. The molecule has 0 radical (unpaired) electrons. The summed E-state index contributed by atoms with van der Waals surface area (Å²) in [4.78, 5) is 33.5. The van der Waals surface area contributed by atoms with Gasteiger partial charge in [0.2, 0.25) is 0 Å². The normalized spacial score (nSPS) is 11.3. The first-order valence-electron chi connectivity index (χ1n) is 5.92. The van der Waals surface area contributed by atoms with Crippen LogP contribution < -0.4 is 0 Å². The number of carboxylic acid groups (broad SMARTS) is 1. The molecular weight excluding hydrogens is 280 g/mol. The molecule has 1 aromatic carbocycles. The van der Waals surface area contributed by atoms with Gasteiger partial charge in [-0.3, -0.25) is 0 Å². The smallest absolute Gasteiger partial charge is 0.339 e. The van der Waals surface area contributed by atoms with E-state index in [1.165, 1.54) is 24.3 Å². The Morgan fingerprint density at radius 3 is 2.29 bits per heavy atom. The van der Waals surface area contributed by atoms with E-state index in [1.807, 2.05) is 0 Å². The Labute approximate surface area is 120 Å². The van der Waals surface area contributed by atoms with Crippen LogP contribution in [0.15, 0.2) is 36.9 Å². The van der Waals surface area contributed by atoms with E-state index in [1.54, 1.807) is 0 Å². The van der Waals surface area contributed by atoms with Crippen molar-refractivity contribution >= 4 is 17.9 Å². The molecule has 2 N–H and O–H groups in total. The molecule has 0 aromatic heterocycles. The van der Waals surface area contributed by atoms with Crippen molar-refractivity contribution in [3.63, 3.8) is 0 Å². The third-order valence-electron chi connectivity index (χ3n) is 2.37. The molecule has 0 aliphatic carbocycles. The zero-order valence-electron chi connectivity index (χ0n) is 11.0. The molecule has 0 saturated carbocycles. The highest BCUT2D eigenvalue weighted by Gasteiger charge is 2.18. The molecule has 0 bridgehead atoms. The molecule has 1 atom stereocenters. The largest absolute Gasteiger partial charge is 0.478 e. The first kappa shape index (κ1) is 16.4. The van der Waals surface area contributed by atoms with Crippen LogP contribution in [0.25, 0.3) is 0 Å². The van der Waals surface area contributed by atoms with E-state index in [0.717, 1.165) is 6.08 Å². The molecule has 0 heterocycles. The highest BCUT2D eigenvalue weighted by atomic mass is 16.6. The van der Waals surface area contributed by atoms with Crippen LogP contribution in [-0.4, -0.2) is 47.4 Å². The Bertz CT molecular complexity index is 550. The van der Waals surface area contributed by atoms with Gasteiger partial charge in [-0.2, -0.15) is 0 Å². The summed E-state index contributed by atoms with van der Waals surface area (Å²) < 4.78 is 9.34. The van der Waals surface area contributed by atoms with Crippen molar-refractivity contribution in [1.82, 2.24) is 0 Å². The Hall–Kier alpha value is -2.67. The van der Waals surface area contributed by atoms with Crippen molar-refractivity contribution in [3.05, 3.63) is 48.0 Å².